The van der Waals surface area contributed by atoms with Gasteiger partial charge in [0.05, 0.1) is 0 Å². The van der Waals surface area contributed by atoms with Crippen molar-refractivity contribution in [3.05, 3.63) is 41.1 Å². The molecule has 0 fully saturated rings. The van der Waals surface area contributed by atoms with Crippen LogP contribution >= 0.6 is 11.6 Å². The summed E-state index contributed by atoms with van der Waals surface area (Å²) < 4.78 is 5.85. The maximum Gasteiger partial charge on any atom is 0.136 e. The van der Waals surface area contributed by atoms with Gasteiger partial charge in [0.1, 0.15) is 11.3 Å². The molecule has 0 atom stereocenters. The number of benzene rings is 1. The first kappa shape index (κ1) is 10.9. The minimum absolute atomic E-state index is 0.718. The van der Waals surface area contributed by atoms with E-state index in [0.717, 1.165) is 41.3 Å². The number of rotatable bonds is 1. The molecular weight excluding hydrogens is 234 g/mol. The Morgan fingerprint density at radius 1 is 1.29 bits per heavy atom. The zero-order valence-electron chi connectivity index (χ0n) is 9.74. The number of fused-ring (bicyclic) bond motifs is 1. The number of nitrogens with zero attached hydrogens (tertiary/aromatic N) is 1. The van der Waals surface area contributed by atoms with Gasteiger partial charge in [0, 0.05) is 29.6 Å². The van der Waals surface area contributed by atoms with Gasteiger partial charge >= 0.3 is 0 Å². The van der Waals surface area contributed by atoms with Gasteiger partial charge < -0.3 is 9.32 Å². The summed E-state index contributed by atoms with van der Waals surface area (Å²) in [7, 11) is 2.13. The predicted molar refractivity (Wildman–Crippen MR) is 71.3 cm³/mol. The van der Waals surface area contributed by atoms with Crippen LogP contribution in [0.2, 0.25) is 5.02 Å². The second-order valence-corrected chi connectivity index (χ2v) is 4.97. The van der Waals surface area contributed by atoms with E-state index in [0.29, 0.717) is 0 Å². The largest absolute Gasteiger partial charge is 0.456 e. The molecule has 2 aromatic rings. The fraction of sp³-hybridized carbons (Fsp3) is 0.286. The second kappa shape index (κ2) is 4.21. The van der Waals surface area contributed by atoms with Gasteiger partial charge in [-0.2, -0.15) is 0 Å². The van der Waals surface area contributed by atoms with E-state index in [-0.39, 0.29) is 0 Å². The van der Waals surface area contributed by atoms with Crippen molar-refractivity contribution < 1.29 is 4.42 Å². The van der Waals surface area contributed by atoms with Gasteiger partial charge in [0.25, 0.3) is 0 Å². The standard InChI is InChI=1S/C14H14ClNO/c1-16-6-4-10(5-7-16)13-8-11-2-3-12(15)9-14(11)17-13/h2-4,8-9H,5-7H2,1H3. The Kier molecular flexibility index (Phi) is 2.69. The molecule has 1 aliphatic heterocycles. The van der Waals surface area contributed by atoms with Crippen LogP contribution in [-0.4, -0.2) is 25.0 Å². The summed E-state index contributed by atoms with van der Waals surface area (Å²) in [4.78, 5) is 2.29. The maximum atomic E-state index is 5.95. The van der Waals surface area contributed by atoms with Crippen LogP contribution in [0.1, 0.15) is 12.2 Å². The van der Waals surface area contributed by atoms with Crippen LogP contribution in [-0.2, 0) is 0 Å². The summed E-state index contributed by atoms with van der Waals surface area (Å²) in [5, 5.41) is 1.83. The molecule has 2 nitrogen and oxygen atoms in total. The Morgan fingerprint density at radius 2 is 2.18 bits per heavy atom. The molecule has 0 unspecified atom stereocenters. The van der Waals surface area contributed by atoms with E-state index in [4.69, 9.17) is 16.0 Å². The van der Waals surface area contributed by atoms with E-state index in [1.165, 1.54) is 5.57 Å². The van der Waals surface area contributed by atoms with Gasteiger partial charge in [-0.1, -0.05) is 17.7 Å². The number of likely N-dealkylation sites (N-methyl/N-ethyl adjacent to an activating group) is 1. The lowest BCUT2D eigenvalue weighted by molar-refractivity contribution is 0.368. The first-order valence-corrected chi connectivity index (χ1v) is 6.17. The molecule has 0 aliphatic carbocycles. The maximum absolute atomic E-state index is 5.95. The van der Waals surface area contributed by atoms with Crippen LogP contribution in [0.5, 0.6) is 0 Å². The minimum Gasteiger partial charge on any atom is -0.456 e. The number of hydrogen-bond acceptors (Lipinski definition) is 2. The monoisotopic (exact) mass is 247 g/mol. The van der Waals surface area contributed by atoms with E-state index in [1.54, 1.807) is 0 Å². The molecular formula is C14H14ClNO. The average molecular weight is 248 g/mol. The smallest absolute Gasteiger partial charge is 0.136 e. The van der Waals surface area contributed by atoms with Crippen LogP contribution in [0.4, 0.5) is 0 Å². The number of halogens is 1. The van der Waals surface area contributed by atoms with Crippen molar-refractivity contribution in [2.75, 3.05) is 20.1 Å². The lowest BCUT2D eigenvalue weighted by Crippen LogP contribution is -2.23. The van der Waals surface area contributed by atoms with E-state index in [1.807, 2.05) is 18.2 Å². The van der Waals surface area contributed by atoms with Crippen LogP contribution in [0.15, 0.2) is 34.8 Å². The van der Waals surface area contributed by atoms with Crippen molar-refractivity contribution in [3.63, 3.8) is 0 Å². The summed E-state index contributed by atoms with van der Waals surface area (Å²) in [5.74, 6) is 0.982. The predicted octanol–water partition coefficient (Wildman–Crippen LogP) is 3.81. The molecule has 0 saturated heterocycles. The lowest BCUT2D eigenvalue weighted by atomic mass is 10.1. The molecule has 0 N–H and O–H groups in total. The molecule has 3 heteroatoms. The third kappa shape index (κ3) is 2.11. The van der Waals surface area contributed by atoms with E-state index in [2.05, 4.69) is 24.1 Å². The van der Waals surface area contributed by atoms with Crippen LogP contribution < -0.4 is 0 Å². The SMILES string of the molecule is CN1CC=C(c2cc3ccc(Cl)cc3o2)CC1. The quantitative estimate of drug-likeness (QED) is 0.762. The highest BCUT2D eigenvalue weighted by Gasteiger charge is 2.13. The zero-order valence-corrected chi connectivity index (χ0v) is 10.5. The Morgan fingerprint density at radius 3 is 2.94 bits per heavy atom. The van der Waals surface area contributed by atoms with Crippen molar-refractivity contribution >= 4 is 28.1 Å². The molecule has 0 spiro atoms. The highest BCUT2D eigenvalue weighted by Crippen LogP contribution is 2.29. The second-order valence-electron chi connectivity index (χ2n) is 4.53. The first-order chi connectivity index (χ1) is 8.22. The Hall–Kier alpha value is -1.25. The fourth-order valence-corrected chi connectivity index (χ4v) is 2.32. The van der Waals surface area contributed by atoms with Gasteiger partial charge in [0.15, 0.2) is 0 Å². The van der Waals surface area contributed by atoms with E-state index < -0.39 is 0 Å². The minimum atomic E-state index is 0.718. The summed E-state index contributed by atoms with van der Waals surface area (Å²) in [6, 6.07) is 7.87. The third-order valence-corrected chi connectivity index (χ3v) is 3.45. The molecule has 1 aromatic heterocycles. The zero-order chi connectivity index (χ0) is 11.8. The van der Waals surface area contributed by atoms with E-state index in [9.17, 15) is 0 Å². The average Bonchev–Trinajstić information content (AvgIpc) is 2.72. The van der Waals surface area contributed by atoms with Crippen LogP contribution in [0, 0.1) is 0 Å². The van der Waals surface area contributed by atoms with Gasteiger partial charge in [0.2, 0.25) is 0 Å². The Labute approximate surface area is 105 Å². The van der Waals surface area contributed by atoms with Crippen molar-refractivity contribution in [3.8, 4) is 0 Å². The summed E-state index contributed by atoms with van der Waals surface area (Å²) in [6.45, 7) is 2.08. The third-order valence-electron chi connectivity index (χ3n) is 3.21. The molecule has 0 amide bonds. The normalized spacial score (nSPS) is 17.4. The molecule has 1 aliphatic rings. The summed E-state index contributed by atoms with van der Waals surface area (Å²) in [5.41, 5.74) is 2.17. The molecule has 0 radical (unpaired) electrons. The lowest BCUT2D eigenvalue weighted by Gasteiger charge is -2.20. The highest BCUT2D eigenvalue weighted by molar-refractivity contribution is 6.31. The molecule has 0 bridgehead atoms. The van der Waals surface area contributed by atoms with Gasteiger partial charge in [-0.25, -0.2) is 0 Å². The van der Waals surface area contributed by atoms with Crippen molar-refractivity contribution in [1.29, 1.82) is 0 Å². The first-order valence-electron chi connectivity index (χ1n) is 5.79. The highest BCUT2D eigenvalue weighted by atomic mass is 35.5. The van der Waals surface area contributed by atoms with Crippen LogP contribution in [0.25, 0.3) is 16.5 Å². The Balaban J connectivity index is 2.01. The van der Waals surface area contributed by atoms with Gasteiger partial charge in [-0.05, 0) is 37.2 Å². The summed E-state index contributed by atoms with van der Waals surface area (Å²) >= 11 is 5.95. The molecule has 0 saturated carbocycles. The number of hydrogen-bond donors (Lipinski definition) is 0. The molecule has 88 valence electrons. The van der Waals surface area contributed by atoms with Crippen molar-refractivity contribution in [2.24, 2.45) is 0 Å². The molecule has 3 rings (SSSR count). The van der Waals surface area contributed by atoms with E-state index >= 15 is 0 Å². The van der Waals surface area contributed by atoms with Gasteiger partial charge in [-0.15, -0.1) is 0 Å². The molecule has 17 heavy (non-hydrogen) atoms. The summed E-state index contributed by atoms with van der Waals surface area (Å²) in [6.07, 6.45) is 3.28. The van der Waals surface area contributed by atoms with Crippen molar-refractivity contribution in [1.82, 2.24) is 4.90 Å². The Bertz CT molecular complexity index is 585. The molecule has 2 heterocycles. The van der Waals surface area contributed by atoms with Crippen molar-refractivity contribution in [2.45, 2.75) is 6.42 Å². The number of furan rings is 1. The molecule has 1 aromatic carbocycles. The van der Waals surface area contributed by atoms with Crippen LogP contribution in [0.3, 0.4) is 0 Å². The van der Waals surface area contributed by atoms with Gasteiger partial charge in [-0.3, -0.25) is 0 Å². The fourth-order valence-electron chi connectivity index (χ4n) is 2.16. The topological polar surface area (TPSA) is 16.4 Å².